The monoisotopic (exact) mass is 470 g/mol. The Labute approximate surface area is 198 Å². The van der Waals surface area contributed by atoms with Gasteiger partial charge in [0.2, 0.25) is 0 Å². The van der Waals surface area contributed by atoms with E-state index >= 15 is 0 Å². The van der Waals surface area contributed by atoms with Gasteiger partial charge in [-0.25, -0.2) is 4.98 Å². The molecular weight excluding hydrogens is 440 g/mol. The highest BCUT2D eigenvalue weighted by molar-refractivity contribution is 7.16. The van der Waals surface area contributed by atoms with Crippen molar-refractivity contribution in [2.75, 3.05) is 37.7 Å². The number of piperazine rings is 1. The Balaban J connectivity index is 0.000000714. The van der Waals surface area contributed by atoms with E-state index in [2.05, 4.69) is 16.0 Å². The lowest BCUT2D eigenvalue weighted by Crippen LogP contribution is -2.48. The maximum atomic E-state index is 13.2. The summed E-state index contributed by atoms with van der Waals surface area (Å²) in [5.41, 5.74) is 1.72. The first kappa shape index (κ1) is 26.0. The van der Waals surface area contributed by atoms with Gasteiger partial charge in [0.05, 0.1) is 18.4 Å². The molecule has 1 aromatic carbocycles. The van der Waals surface area contributed by atoms with Crippen molar-refractivity contribution in [2.24, 2.45) is 5.92 Å². The zero-order valence-corrected chi connectivity index (χ0v) is 20.0. The molecule has 9 heteroatoms. The van der Waals surface area contributed by atoms with Crippen molar-refractivity contribution in [1.82, 2.24) is 9.88 Å². The Kier molecular flexibility index (Phi) is 10.5. The number of carbonyl (C=O) groups excluding carboxylic acids is 3. The molecule has 0 unspecified atom stereocenters. The van der Waals surface area contributed by atoms with Crippen LogP contribution in [0.3, 0.4) is 0 Å². The van der Waals surface area contributed by atoms with Crippen LogP contribution < -0.4 is 9.64 Å². The average Bonchev–Trinajstić information content (AvgIpc) is 3.30. The normalized spacial score (nSPS) is 15.1. The van der Waals surface area contributed by atoms with Crippen LogP contribution in [0.25, 0.3) is 0 Å². The Morgan fingerprint density at radius 1 is 1.30 bits per heavy atom. The molecule has 2 aliphatic rings. The van der Waals surface area contributed by atoms with Gasteiger partial charge in [0.1, 0.15) is 29.8 Å². The molecule has 0 spiro atoms. The summed E-state index contributed by atoms with van der Waals surface area (Å²) in [6, 6.07) is 7.99. The van der Waals surface area contributed by atoms with Gasteiger partial charge in [-0.15, -0.1) is 0 Å². The second-order valence-corrected chi connectivity index (χ2v) is 8.75. The average molecular weight is 471 g/mol. The quantitative estimate of drug-likeness (QED) is 0.616. The van der Waals surface area contributed by atoms with Gasteiger partial charge < -0.3 is 24.1 Å². The summed E-state index contributed by atoms with van der Waals surface area (Å²) in [5, 5.41) is 9.82. The molecule has 1 aliphatic heterocycles. The van der Waals surface area contributed by atoms with Crippen LogP contribution in [0, 0.1) is 24.2 Å². The molecule has 1 amide bonds. The fraction of sp³-hybridized carbons (Fsp3) is 0.458. The van der Waals surface area contributed by atoms with Crippen LogP contribution in [-0.2, 0) is 9.59 Å². The van der Waals surface area contributed by atoms with Gasteiger partial charge in [-0.2, -0.15) is 5.26 Å². The third-order valence-corrected chi connectivity index (χ3v) is 6.47. The van der Waals surface area contributed by atoms with E-state index in [0.717, 1.165) is 17.0 Å². The number of hydrogen-bond acceptors (Lipinski definition) is 8. The van der Waals surface area contributed by atoms with E-state index in [1.807, 2.05) is 36.8 Å². The SMILES string of the molecule is C=O.CC=O.Cc1ccc(OCC2CCC2)c(C(=O)N2CCN(c3ncc(C#N)s3)CC2)c1. The zero-order valence-electron chi connectivity index (χ0n) is 19.2. The Morgan fingerprint density at radius 2 is 1.97 bits per heavy atom. The van der Waals surface area contributed by atoms with Crippen LogP contribution in [0.15, 0.2) is 24.4 Å². The lowest BCUT2D eigenvalue weighted by atomic mass is 9.86. The molecule has 2 fully saturated rings. The molecule has 33 heavy (non-hydrogen) atoms. The van der Waals surface area contributed by atoms with E-state index in [1.54, 1.807) is 6.20 Å². The molecule has 8 nitrogen and oxygen atoms in total. The maximum Gasteiger partial charge on any atom is 0.257 e. The van der Waals surface area contributed by atoms with E-state index in [0.29, 0.717) is 54.9 Å². The zero-order chi connectivity index (χ0) is 24.2. The number of aryl methyl sites for hydroxylation is 1. The standard InChI is InChI=1S/C21H24N4O2S.C2H4O.CH2O/c1-15-5-6-19(27-14-16-3-2-4-16)18(11-15)20(26)24-7-9-25(10-8-24)21-23-13-17(12-22)28-21;1-2-3;1-2/h5-6,11,13,16H,2-4,7-10,14H2,1H3;2H,1H3;1H2. The molecule has 4 rings (SSSR count). The summed E-state index contributed by atoms with van der Waals surface area (Å²) in [7, 11) is 0. The molecule has 1 saturated heterocycles. The number of hydrogen-bond donors (Lipinski definition) is 0. The molecular formula is C24H30N4O4S. The number of nitrogens with zero attached hydrogens (tertiary/aromatic N) is 4. The highest BCUT2D eigenvalue weighted by atomic mass is 32.1. The van der Waals surface area contributed by atoms with Gasteiger partial charge in [-0.3, -0.25) is 4.79 Å². The van der Waals surface area contributed by atoms with E-state index in [9.17, 15) is 4.79 Å². The molecule has 1 aliphatic carbocycles. The number of amides is 1. The fourth-order valence-electron chi connectivity index (χ4n) is 3.54. The summed E-state index contributed by atoms with van der Waals surface area (Å²) >= 11 is 1.40. The largest absolute Gasteiger partial charge is 0.492 e. The highest BCUT2D eigenvalue weighted by Gasteiger charge is 2.26. The van der Waals surface area contributed by atoms with E-state index in [4.69, 9.17) is 19.6 Å². The Bertz CT molecular complexity index is 960. The molecule has 2 heterocycles. The van der Waals surface area contributed by atoms with E-state index in [1.165, 1.54) is 37.5 Å². The topological polar surface area (TPSA) is 104 Å². The number of rotatable bonds is 5. The molecule has 1 saturated carbocycles. The second kappa shape index (κ2) is 13.3. The van der Waals surface area contributed by atoms with Gasteiger partial charge in [-0.1, -0.05) is 29.4 Å². The van der Waals surface area contributed by atoms with E-state index < -0.39 is 0 Å². The van der Waals surface area contributed by atoms with Crippen molar-refractivity contribution in [1.29, 1.82) is 5.26 Å². The lowest BCUT2D eigenvalue weighted by molar-refractivity contribution is -0.106. The minimum Gasteiger partial charge on any atom is -0.492 e. The molecule has 176 valence electrons. The smallest absolute Gasteiger partial charge is 0.257 e. The minimum atomic E-state index is 0.0313. The number of aldehydes is 1. The molecule has 1 aromatic heterocycles. The molecule has 0 N–H and O–H groups in total. The summed E-state index contributed by atoms with van der Waals surface area (Å²) < 4.78 is 6.02. The molecule has 0 radical (unpaired) electrons. The number of aromatic nitrogens is 1. The third-order valence-electron chi connectivity index (χ3n) is 5.51. The summed E-state index contributed by atoms with van der Waals surface area (Å²) in [6.45, 7) is 8.84. The number of anilines is 1. The highest BCUT2D eigenvalue weighted by Crippen LogP contribution is 2.29. The van der Waals surface area contributed by atoms with Crippen LogP contribution in [0.4, 0.5) is 5.13 Å². The maximum absolute atomic E-state index is 13.2. The van der Waals surface area contributed by atoms with Crippen LogP contribution >= 0.6 is 11.3 Å². The van der Waals surface area contributed by atoms with Crippen LogP contribution in [0.2, 0.25) is 0 Å². The summed E-state index contributed by atoms with van der Waals surface area (Å²) in [6.07, 6.45) is 6.09. The fourth-order valence-corrected chi connectivity index (χ4v) is 4.30. The van der Waals surface area contributed by atoms with Crippen molar-refractivity contribution in [3.63, 3.8) is 0 Å². The predicted molar refractivity (Wildman–Crippen MR) is 128 cm³/mol. The van der Waals surface area contributed by atoms with Crippen molar-refractivity contribution >= 4 is 35.5 Å². The summed E-state index contributed by atoms with van der Waals surface area (Å²) in [4.78, 5) is 38.9. The number of ether oxygens (including phenoxy) is 1. The number of thiazole rings is 1. The van der Waals surface area contributed by atoms with Crippen molar-refractivity contribution in [3.8, 4) is 11.8 Å². The number of nitriles is 1. The summed E-state index contributed by atoms with van der Waals surface area (Å²) in [5.74, 6) is 1.36. The molecule has 2 aromatic rings. The van der Waals surface area contributed by atoms with Gasteiger partial charge in [0, 0.05) is 26.2 Å². The van der Waals surface area contributed by atoms with Crippen LogP contribution in [0.5, 0.6) is 5.75 Å². The lowest BCUT2D eigenvalue weighted by Gasteiger charge is -2.35. The first-order valence-corrected chi connectivity index (χ1v) is 11.7. The molecule has 0 atom stereocenters. The van der Waals surface area contributed by atoms with Crippen molar-refractivity contribution in [2.45, 2.75) is 33.1 Å². The van der Waals surface area contributed by atoms with E-state index in [-0.39, 0.29) is 5.91 Å². The van der Waals surface area contributed by atoms with Gasteiger partial charge in [0.25, 0.3) is 5.91 Å². The third kappa shape index (κ3) is 7.12. The van der Waals surface area contributed by atoms with Gasteiger partial charge in [0.15, 0.2) is 5.13 Å². The van der Waals surface area contributed by atoms with Crippen molar-refractivity contribution < 1.29 is 19.1 Å². The van der Waals surface area contributed by atoms with Crippen LogP contribution in [0.1, 0.15) is 47.0 Å². The molecule has 0 bridgehead atoms. The van der Waals surface area contributed by atoms with Gasteiger partial charge in [-0.05, 0) is 44.7 Å². The number of carbonyl (C=O) groups is 3. The van der Waals surface area contributed by atoms with Crippen molar-refractivity contribution in [3.05, 3.63) is 40.4 Å². The second-order valence-electron chi connectivity index (χ2n) is 7.74. The Morgan fingerprint density at radius 3 is 2.52 bits per heavy atom. The minimum absolute atomic E-state index is 0.0313. The number of benzene rings is 1. The first-order valence-electron chi connectivity index (χ1n) is 10.9. The van der Waals surface area contributed by atoms with Crippen LogP contribution in [-0.4, -0.2) is 61.7 Å². The Hall–Kier alpha value is -3.25. The van der Waals surface area contributed by atoms with Gasteiger partial charge >= 0.3 is 0 Å². The first-order chi connectivity index (χ1) is 16.0. The predicted octanol–water partition coefficient (Wildman–Crippen LogP) is 3.48.